The molecule has 1 amide bonds. The zero-order chi connectivity index (χ0) is 12.1. The number of amides is 1. The summed E-state index contributed by atoms with van der Waals surface area (Å²) < 4.78 is 0.866. The van der Waals surface area contributed by atoms with Crippen LogP contribution in [0.2, 0.25) is 0 Å². The van der Waals surface area contributed by atoms with Crippen molar-refractivity contribution in [2.24, 2.45) is 5.84 Å². The molecule has 0 aliphatic carbocycles. The molecule has 0 heterocycles. The first kappa shape index (κ1) is 13.0. The number of anilines is 1. The van der Waals surface area contributed by atoms with E-state index < -0.39 is 0 Å². The molecule has 0 spiro atoms. The van der Waals surface area contributed by atoms with Crippen molar-refractivity contribution in [1.29, 1.82) is 0 Å². The third-order valence-corrected chi connectivity index (χ3v) is 2.69. The monoisotopic (exact) mass is 285 g/mol. The highest BCUT2D eigenvalue weighted by Gasteiger charge is 2.13. The van der Waals surface area contributed by atoms with E-state index in [1.807, 2.05) is 13.0 Å². The van der Waals surface area contributed by atoms with E-state index >= 15 is 0 Å². The Bertz CT molecular complexity index is 393. The summed E-state index contributed by atoms with van der Waals surface area (Å²) >= 11 is 3.36. The van der Waals surface area contributed by atoms with E-state index in [2.05, 4.69) is 33.6 Å². The highest BCUT2D eigenvalue weighted by molar-refractivity contribution is 9.10. The lowest BCUT2D eigenvalue weighted by molar-refractivity contribution is 0.0954. The number of benzene rings is 1. The Balaban J connectivity index is 3.15. The van der Waals surface area contributed by atoms with Gasteiger partial charge in [-0.3, -0.25) is 10.2 Å². The van der Waals surface area contributed by atoms with Gasteiger partial charge in [-0.1, -0.05) is 22.9 Å². The predicted molar refractivity (Wildman–Crippen MR) is 69.3 cm³/mol. The topological polar surface area (TPSA) is 67.2 Å². The van der Waals surface area contributed by atoms with Crippen molar-refractivity contribution in [3.8, 4) is 0 Å². The van der Waals surface area contributed by atoms with Gasteiger partial charge in [0.25, 0.3) is 5.91 Å². The van der Waals surface area contributed by atoms with Crippen LogP contribution in [0.4, 0.5) is 5.69 Å². The van der Waals surface area contributed by atoms with Gasteiger partial charge in [0, 0.05) is 11.0 Å². The number of carbonyl (C=O) groups excluding carboxylic acids is 1. The summed E-state index contributed by atoms with van der Waals surface area (Å²) in [7, 11) is 0. The van der Waals surface area contributed by atoms with Gasteiger partial charge in [-0.15, -0.1) is 0 Å². The molecule has 0 fully saturated rings. The second-order valence-electron chi connectivity index (χ2n) is 3.55. The molecule has 16 heavy (non-hydrogen) atoms. The highest BCUT2D eigenvalue weighted by Crippen LogP contribution is 2.25. The summed E-state index contributed by atoms with van der Waals surface area (Å²) in [6.45, 7) is 4.85. The summed E-state index contributed by atoms with van der Waals surface area (Å²) in [5.41, 5.74) is 4.57. The molecule has 0 aliphatic heterocycles. The maximum atomic E-state index is 11.6. The summed E-state index contributed by atoms with van der Waals surface area (Å²) in [6, 6.07) is 3.72. The fraction of sp³-hybridized carbons (Fsp3) is 0.364. The van der Waals surface area contributed by atoms with Crippen LogP contribution in [0.15, 0.2) is 16.6 Å². The minimum atomic E-state index is -0.289. The van der Waals surface area contributed by atoms with Crippen LogP contribution >= 0.6 is 15.9 Å². The number of carbonyl (C=O) groups is 1. The number of halogens is 1. The van der Waals surface area contributed by atoms with Gasteiger partial charge in [0.1, 0.15) is 0 Å². The molecular formula is C11H16BrN3O. The second-order valence-corrected chi connectivity index (χ2v) is 4.46. The molecule has 4 N–H and O–H groups in total. The van der Waals surface area contributed by atoms with Gasteiger partial charge in [-0.25, -0.2) is 5.84 Å². The van der Waals surface area contributed by atoms with Gasteiger partial charge in [0.15, 0.2) is 0 Å². The number of rotatable bonds is 4. The van der Waals surface area contributed by atoms with Crippen LogP contribution in [0.3, 0.4) is 0 Å². The Kier molecular flexibility index (Phi) is 4.76. The lowest BCUT2D eigenvalue weighted by Crippen LogP contribution is -2.31. The van der Waals surface area contributed by atoms with E-state index in [4.69, 9.17) is 5.84 Å². The van der Waals surface area contributed by atoms with Crippen LogP contribution in [-0.4, -0.2) is 12.5 Å². The molecule has 0 saturated heterocycles. The average molecular weight is 286 g/mol. The first-order chi connectivity index (χ1) is 7.60. The molecule has 0 atom stereocenters. The third kappa shape index (κ3) is 2.96. The van der Waals surface area contributed by atoms with E-state index in [1.54, 1.807) is 6.07 Å². The van der Waals surface area contributed by atoms with Crippen molar-refractivity contribution >= 4 is 27.5 Å². The van der Waals surface area contributed by atoms with Crippen molar-refractivity contribution < 1.29 is 4.79 Å². The first-order valence-electron chi connectivity index (χ1n) is 5.15. The summed E-state index contributed by atoms with van der Waals surface area (Å²) in [5, 5.41) is 3.24. The van der Waals surface area contributed by atoms with Crippen molar-refractivity contribution in [3.05, 3.63) is 27.7 Å². The number of hydrogen-bond donors (Lipinski definition) is 3. The molecule has 88 valence electrons. The van der Waals surface area contributed by atoms with Crippen molar-refractivity contribution in [2.75, 3.05) is 11.9 Å². The maximum absolute atomic E-state index is 11.6. The van der Waals surface area contributed by atoms with Crippen molar-refractivity contribution in [1.82, 2.24) is 5.43 Å². The Hall–Kier alpha value is -1.07. The van der Waals surface area contributed by atoms with Crippen LogP contribution in [0.1, 0.15) is 29.3 Å². The molecule has 0 unspecified atom stereocenters. The number of hydrogen-bond acceptors (Lipinski definition) is 3. The SMILES string of the molecule is CCCNc1c(C)cc(Br)cc1C(=O)NN. The van der Waals surface area contributed by atoms with Crippen LogP contribution in [0.25, 0.3) is 0 Å². The van der Waals surface area contributed by atoms with Crippen LogP contribution in [-0.2, 0) is 0 Å². The molecule has 0 saturated carbocycles. The minimum Gasteiger partial charge on any atom is -0.384 e. The number of hydrazine groups is 1. The predicted octanol–water partition coefficient (Wildman–Crippen LogP) is 2.18. The Morgan fingerprint density at radius 2 is 2.19 bits per heavy atom. The molecule has 0 radical (unpaired) electrons. The molecule has 0 bridgehead atoms. The smallest absolute Gasteiger partial charge is 0.267 e. The second kappa shape index (κ2) is 5.86. The van der Waals surface area contributed by atoms with Gasteiger partial charge < -0.3 is 5.32 Å². The van der Waals surface area contributed by atoms with Gasteiger partial charge in [-0.2, -0.15) is 0 Å². The Morgan fingerprint density at radius 3 is 2.75 bits per heavy atom. The largest absolute Gasteiger partial charge is 0.384 e. The zero-order valence-corrected chi connectivity index (χ0v) is 11.0. The first-order valence-corrected chi connectivity index (χ1v) is 5.94. The number of nitrogens with two attached hydrogens (primary N) is 1. The third-order valence-electron chi connectivity index (χ3n) is 2.23. The molecule has 1 aromatic rings. The van der Waals surface area contributed by atoms with E-state index in [0.717, 1.165) is 28.7 Å². The number of nitrogens with one attached hydrogen (secondary N) is 2. The van der Waals surface area contributed by atoms with Crippen molar-refractivity contribution in [2.45, 2.75) is 20.3 Å². The fourth-order valence-electron chi connectivity index (χ4n) is 1.48. The lowest BCUT2D eigenvalue weighted by Gasteiger charge is -2.14. The molecule has 0 aromatic heterocycles. The Labute approximate surface area is 104 Å². The number of aryl methyl sites for hydroxylation is 1. The summed E-state index contributed by atoms with van der Waals surface area (Å²) in [6.07, 6.45) is 0.999. The lowest BCUT2D eigenvalue weighted by atomic mass is 10.1. The average Bonchev–Trinajstić information content (AvgIpc) is 2.26. The number of nitrogen functional groups attached to an aromatic ring is 1. The van der Waals surface area contributed by atoms with Crippen molar-refractivity contribution in [3.63, 3.8) is 0 Å². The van der Waals surface area contributed by atoms with Crippen LogP contribution in [0.5, 0.6) is 0 Å². The summed E-state index contributed by atoms with van der Waals surface area (Å²) in [5.74, 6) is 4.87. The maximum Gasteiger partial charge on any atom is 0.267 e. The van der Waals surface area contributed by atoms with Gasteiger partial charge in [-0.05, 0) is 31.0 Å². The molecule has 4 nitrogen and oxygen atoms in total. The van der Waals surface area contributed by atoms with E-state index in [9.17, 15) is 4.79 Å². The zero-order valence-electron chi connectivity index (χ0n) is 9.43. The van der Waals surface area contributed by atoms with E-state index in [-0.39, 0.29) is 5.91 Å². The summed E-state index contributed by atoms with van der Waals surface area (Å²) in [4.78, 5) is 11.6. The van der Waals surface area contributed by atoms with Gasteiger partial charge in [0.2, 0.25) is 0 Å². The fourth-order valence-corrected chi connectivity index (χ4v) is 2.06. The molecule has 1 rings (SSSR count). The quantitative estimate of drug-likeness (QED) is 0.451. The van der Waals surface area contributed by atoms with Crippen LogP contribution < -0.4 is 16.6 Å². The van der Waals surface area contributed by atoms with Gasteiger partial charge >= 0.3 is 0 Å². The highest BCUT2D eigenvalue weighted by atomic mass is 79.9. The molecule has 0 aliphatic rings. The van der Waals surface area contributed by atoms with E-state index in [0.29, 0.717) is 5.56 Å². The molecule has 5 heteroatoms. The van der Waals surface area contributed by atoms with Gasteiger partial charge in [0.05, 0.1) is 11.3 Å². The molecule has 1 aromatic carbocycles. The van der Waals surface area contributed by atoms with E-state index in [1.165, 1.54) is 0 Å². The minimum absolute atomic E-state index is 0.289. The Morgan fingerprint density at radius 1 is 1.50 bits per heavy atom. The van der Waals surface area contributed by atoms with Crippen LogP contribution in [0, 0.1) is 6.92 Å². The normalized spacial score (nSPS) is 10.0. The standard InChI is InChI=1S/C11H16BrN3O/c1-3-4-14-10-7(2)5-8(12)6-9(10)11(16)15-13/h5-6,14H,3-4,13H2,1-2H3,(H,15,16). The molecular weight excluding hydrogens is 270 g/mol.